The van der Waals surface area contributed by atoms with Crippen molar-refractivity contribution in [2.24, 2.45) is 0 Å². The summed E-state index contributed by atoms with van der Waals surface area (Å²) in [5.41, 5.74) is 2.43. The predicted octanol–water partition coefficient (Wildman–Crippen LogP) is 6.56. The minimum Gasteiger partial charge on any atom is -0.507 e. The number of aliphatic hydroxyl groups excluding tert-OH is 1. The van der Waals surface area contributed by atoms with Crippen LogP contribution in [0.25, 0.3) is 16.0 Å². The van der Waals surface area contributed by atoms with Crippen LogP contribution in [0.3, 0.4) is 0 Å². The second kappa shape index (κ2) is 9.31. The topological polar surface area (TPSA) is 89.0 Å². The summed E-state index contributed by atoms with van der Waals surface area (Å²) in [6.07, 6.45) is 0.692. The number of hydrogen-bond acceptors (Lipinski definition) is 7. The molecule has 6 rings (SSSR count). The van der Waals surface area contributed by atoms with Gasteiger partial charge in [-0.05, 0) is 66.6 Å². The van der Waals surface area contributed by atoms with E-state index in [1.165, 1.54) is 16.2 Å². The molecule has 1 saturated heterocycles. The Bertz CT molecular complexity index is 1680. The molecule has 0 radical (unpaired) electrons. The molecule has 3 aromatic carbocycles. The third-order valence-electron chi connectivity index (χ3n) is 6.66. The van der Waals surface area contributed by atoms with Gasteiger partial charge in [0.25, 0.3) is 5.78 Å². The summed E-state index contributed by atoms with van der Waals surface area (Å²) in [6, 6.07) is 14.5. The molecule has 0 spiro atoms. The number of aromatic nitrogens is 1. The van der Waals surface area contributed by atoms with E-state index in [1.807, 2.05) is 13.0 Å². The van der Waals surface area contributed by atoms with Crippen molar-refractivity contribution in [3.63, 3.8) is 0 Å². The number of ketones is 1. The monoisotopic (exact) mass is 566 g/mol. The van der Waals surface area contributed by atoms with Gasteiger partial charge in [-0.1, -0.05) is 40.6 Å². The summed E-state index contributed by atoms with van der Waals surface area (Å²) in [4.78, 5) is 33.0. The Kier molecular flexibility index (Phi) is 6.06. The van der Waals surface area contributed by atoms with E-state index in [-0.39, 0.29) is 22.5 Å². The van der Waals surface area contributed by atoms with Crippen LogP contribution >= 0.6 is 34.5 Å². The lowest BCUT2D eigenvalue weighted by molar-refractivity contribution is -0.132. The molecule has 1 aromatic heterocycles. The van der Waals surface area contributed by atoms with Crippen molar-refractivity contribution in [2.45, 2.75) is 25.5 Å². The maximum absolute atomic E-state index is 13.5. The Morgan fingerprint density at radius 1 is 1.11 bits per heavy atom. The van der Waals surface area contributed by atoms with Crippen LogP contribution in [0.2, 0.25) is 10.0 Å². The van der Waals surface area contributed by atoms with Gasteiger partial charge < -0.3 is 14.6 Å². The number of fused-ring (bicyclic) bond motifs is 2. The molecule has 7 nitrogen and oxygen atoms in total. The summed E-state index contributed by atoms with van der Waals surface area (Å²) in [5.74, 6) is -0.523. The van der Waals surface area contributed by atoms with Crippen LogP contribution in [-0.4, -0.2) is 35.0 Å². The first-order chi connectivity index (χ1) is 18.2. The Hall–Kier alpha value is -3.59. The van der Waals surface area contributed by atoms with E-state index in [1.54, 1.807) is 55.6 Å². The lowest BCUT2D eigenvalue weighted by Gasteiger charge is -2.23. The minimum atomic E-state index is -0.976. The highest BCUT2D eigenvalue weighted by Crippen LogP contribution is 2.46. The van der Waals surface area contributed by atoms with E-state index in [0.717, 1.165) is 16.0 Å². The standard InChI is InChI=1S/C28H20Cl2N2O5S/c1-13-9-16-10-15(4-8-21(16)37-13)25(33)23-24(14-3-6-18(29)19(30)11-14)32(27(35)26(23)34)28-31-20-7-5-17(36-2)12-22(20)38-28/h3-8,10-13,24,33H,9H2,1-2H3/b25-23+. The zero-order chi connectivity index (χ0) is 26.7. The van der Waals surface area contributed by atoms with Crippen molar-refractivity contribution < 1.29 is 24.2 Å². The molecule has 2 unspecified atom stereocenters. The van der Waals surface area contributed by atoms with Gasteiger partial charge in [-0.25, -0.2) is 4.98 Å². The van der Waals surface area contributed by atoms with Crippen LogP contribution in [0.4, 0.5) is 5.13 Å². The molecular weight excluding hydrogens is 547 g/mol. The number of ether oxygens (including phenoxy) is 2. The number of thiazole rings is 1. The predicted molar refractivity (Wildman–Crippen MR) is 148 cm³/mol. The van der Waals surface area contributed by atoms with Gasteiger partial charge in [-0.2, -0.15) is 0 Å². The van der Waals surface area contributed by atoms with Gasteiger partial charge in [-0.3, -0.25) is 14.5 Å². The largest absolute Gasteiger partial charge is 0.507 e. The molecule has 0 saturated carbocycles. The fourth-order valence-electron chi connectivity index (χ4n) is 4.88. The highest BCUT2D eigenvalue weighted by Gasteiger charge is 2.48. The highest BCUT2D eigenvalue weighted by molar-refractivity contribution is 7.22. The average Bonchev–Trinajstić information content (AvgIpc) is 3.57. The number of Topliss-reactive ketones (excluding diaryl/α,β-unsaturated/α-hetero) is 1. The molecule has 4 aromatic rings. The SMILES string of the molecule is COc1ccc2nc(N3C(=O)C(=O)/C(=C(/O)c4ccc5c(c4)CC(C)O5)C3c3ccc(Cl)c(Cl)c3)sc2c1. The third kappa shape index (κ3) is 4.00. The van der Waals surface area contributed by atoms with Crippen LogP contribution in [0.1, 0.15) is 29.7 Å². The van der Waals surface area contributed by atoms with Gasteiger partial charge >= 0.3 is 5.91 Å². The summed E-state index contributed by atoms with van der Waals surface area (Å²) < 4.78 is 11.9. The normalized spacial score (nSPS) is 20.2. The van der Waals surface area contributed by atoms with E-state index >= 15 is 0 Å². The summed E-state index contributed by atoms with van der Waals surface area (Å²) in [5, 5.41) is 12.4. The first kappa shape index (κ1) is 24.7. The van der Waals surface area contributed by atoms with Gasteiger partial charge in [0.15, 0.2) is 5.13 Å². The summed E-state index contributed by atoms with van der Waals surface area (Å²) in [7, 11) is 1.57. The fraction of sp³-hybridized carbons (Fsp3) is 0.179. The molecule has 1 N–H and O–H groups in total. The van der Waals surface area contributed by atoms with E-state index in [2.05, 4.69) is 4.98 Å². The van der Waals surface area contributed by atoms with Gasteiger partial charge in [0.2, 0.25) is 0 Å². The Labute approximate surface area is 231 Å². The molecule has 192 valence electrons. The van der Waals surface area contributed by atoms with Crippen LogP contribution in [0, 0.1) is 0 Å². The molecule has 0 aliphatic carbocycles. The van der Waals surface area contributed by atoms with E-state index in [9.17, 15) is 14.7 Å². The molecule has 2 aliphatic rings. The number of rotatable bonds is 4. The molecular formula is C28H20Cl2N2O5S. The zero-order valence-electron chi connectivity index (χ0n) is 20.2. The van der Waals surface area contributed by atoms with Crippen molar-refractivity contribution in [3.05, 3.63) is 86.9 Å². The minimum absolute atomic E-state index is 0.0156. The van der Waals surface area contributed by atoms with Crippen LogP contribution in [-0.2, 0) is 16.0 Å². The van der Waals surface area contributed by atoms with Gasteiger partial charge in [0.1, 0.15) is 23.4 Å². The number of carbonyl (C=O) groups is 2. The second-order valence-electron chi connectivity index (χ2n) is 9.13. The van der Waals surface area contributed by atoms with Crippen molar-refractivity contribution in [1.82, 2.24) is 4.98 Å². The second-order valence-corrected chi connectivity index (χ2v) is 11.0. The number of aliphatic hydroxyl groups is 1. The lowest BCUT2D eigenvalue weighted by atomic mass is 9.94. The number of benzene rings is 3. The summed E-state index contributed by atoms with van der Waals surface area (Å²) >= 11 is 13.7. The first-order valence-electron chi connectivity index (χ1n) is 11.8. The summed E-state index contributed by atoms with van der Waals surface area (Å²) in [6.45, 7) is 1.96. The lowest BCUT2D eigenvalue weighted by Crippen LogP contribution is -2.29. The maximum Gasteiger partial charge on any atom is 0.301 e. The number of amides is 1. The van der Waals surface area contributed by atoms with Gasteiger partial charge in [-0.15, -0.1) is 0 Å². The number of nitrogens with zero attached hydrogens (tertiary/aromatic N) is 2. The zero-order valence-corrected chi connectivity index (χ0v) is 22.5. The first-order valence-corrected chi connectivity index (χ1v) is 13.3. The van der Waals surface area contributed by atoms with E-state index in [4.69, 9.17) is 32.7 Å². The molecule has 2 atom stereocenters. The number of carbonyl (C=O) groups excluding carboxylic acids is 2. The van der Waals surface area contributed by atoms with Crippen molar-refractivity contribution in [3.8, 4) is 11.5 Å². The van der Waals surface area contributed by atoms with Crippen molar-refractivity contribution >= 4 is 67.3 Å². The fourth-order valence-corrected chi connectivity index (χ4v) is 6.20. The Morgan fingerprint density at radius 3 is 2.68 bits per heavy atom. The molecule has 1 amide bonds. The number of anilines is 1. The maximum atomic E-state index is 13.5. The van der Waals surface area contributed by atoms with Crippen LogP contribution in [0.15, 0.2) is 60.2 Å². The quantitative estimate of drug-likeness (QED) is 0.171. The smallest absolute Gasteiger partial charge is 0.301 e. The third-order valence-corrected chi connectivity index (χ3v) is 8.42. The van der Waals surface area contributed by atoms with Crippen molar-refractivity contribution in [1.29, 1.82) is 0 Å². The van der Waals surface area contributed by atoms with Crippen molar-refractivity contribution in [2.75, 3.05) is 12.0 Å². The van der Waals surface area contributed by atoms with Gasteiger partial charge in [0, 0.05) is 12.0 Å². The van der Waals surface area contributed by atoms with E-state index < -0.39 is 17.7 Å². The van der Waals surface area contributed by atoms with Gasteiger partial charge in [0.05, 0.1) is 39.0 Å². The molecule has 1 fully saturated rings. The Balaban J connectivity index is 1.54. The molecule has 3 heterocycles. The van der Waals surface area contributed by atoms with Crippen LogP contribution < -0.4 is 14.4 Å². The van der Waals surface area contributed by atoms with Crippen LogP contribution in [0.5, 0.6) is 11.5 Å². The molecule has 10 heteroatoms. The molecule has 2 aliphatic heterocycles. The Morgan fingerprint density at radius 2 is 1.92 bits per heavy atom. The number of halogens is 2. The molecule has 0 bridgehead atoms. The van der Waals surface area contributed by atoms with E-state index in [0.29, 0.717) is 39.0 Å². The average molecular weight is 567 g/mol. The number of hydrogen-bond donors (Lipinski definition) is 1. The number of methoxy groups -OCH3 is 1. The highest BCUT2D eigenvalue weighted by atomic mass is 35.5. The molecule has 38 heavy (non-hydrogen) atoms.